The van der Waals surface area contributed by atoms with E-state index in [0.29, 0.717) is 23.2 Å². The molecule has 13 rings (SSSR count). The third kappa shape index (κ3) is 5.40. The van der Waals surface area contributed by atoms with E-state index in [4.69, 9.17) is 19.9 Å². The summed E-state index contributed by atoms with van der Waals surface area (Å²) in [5, 5.41) is 6.93. The Hall–Kier alpha value is -8.68. The number of rotatable bonds is 6. The molecule has 5 heterocycles. The smallest absolute Gasteiger partial charge is 0.184 e. The summed E-state index contributed by atoms with van der Waals surface area (Å²) >= 11 is 0. The van der Waals surface area contributed by atoms with E-state index >= 15 is 0 Å². The maximum atomic E-state index is 5.96. The molecule has 294 valence electrons. The first kappa shape index (κ1) is 35.1. The predicted octanol–water partition coefficient (Wildman–Crippen LogP) is 13.6. The number of hydrogen-bond acceptors (Lipinski definition) is 4. The number of nitrogens with zero attached hydrogens (tertiary/aromatic N) is 7. The lowest BCUT2D eigenvalue weighted by molar-refractivity contribution is 0.989. The molecule has 63 heavy (non-hydrogen) atoms. The van der Waals surface area contributed by atoms with Crippen molar-refractivity contribution >= 4 is 65.4 Å². The first-order valence-electron chi connectivity index (χ1n) is 21.2. The molecule has 0 aliphatic heterocycles. The van der Waals surface area contributed by atoms with Gasteiger partial charge in [0.15, 0.2) is 23.3 Å². The lowest BCUT2D eigenvalue weighted by Gasteiger charge is -2.21. The van der Waals surface area contributed by atoms with Crippen molar-refractivity contribution in [1.29, 1.82) is 0 Å². The molecule has 0 radical (unpaired) electrons. The van der Waals surface area contributed by atoms with Crippen molar-refractivity contribution in [2.45, 2.75) is 0 Å². The van der Waals surface area contributed by atoms with Crippen molar-refractivity contribution in [3.05, 3.63) is 212 Å². The third-order valence-electron chi connectivity index (χ3n) is 12.3. The van der Waals surface area contributed by atoms with Gasteiger partial charge in [-0.15, -0.1) is 0 Å². The van der Waals surface area contributed by atoms with E-state index in [1.165, 1.54) is 10.8 Å². The van der Waals surface area contributed by atoms with Gasteiger partial charge in [0.25, 0.3) is 0 Å². The summed E-state index contributed by atoms with van der Waals surface area (Å²) in [6.07, 6.45) is 0. The van der Waals surface area contributed by atoms with Gasteiger partial charge in [-0.1, -0.05) is 170 Å². The fraction of sp³-hybridized carbons (Fsp3) is 0. The van der Waals surface area contributed by atoms with Crippen LogP contribution in [0.4, 0.5) is 0 Å². The van der Waals surface area contributed by atoms with E-state index in [1.807, 2.05) is 60.7 Å². The minimum absolute atomic E-state index is 0.468. The summed E-state index contributed by atoms with van der Waals surface area (Å²) in [6.45, 7) is 0. The van der Waals surface area contributed by atoms with E-state index in [1.54, 1.807) is 0 Å². The molecule has 0 spiro atoms. The zero-order chi connectivity index (χ0) is 41.4. The van der Waals surface area contributed by atoms with Crippen LogP contribution in [0.1, 0.15) is 0 Å². The molecule has 0 atom stereocenters. The SMILES string of the molecule is c1ccc(-c2nc(-c3ccccc3)nc(-c3nc(-n4c5ccccc5c5ccccc54)c(-n4c5ccccc5c5ccccc54)cc3-n3c4ccccc4c4ccccc43)n2)cc1. The second kappa shape index (κ2) is 13.9. The molecular formula is C56H35N7. The fourth-order valence-corrected chi connectivity index (χ4v) is 9.58. The van der Waals surface area contributed by atoms with E-state index in [-0.39, 0.29) is 0 Å². The molecule has 0 aliphatic rings. The van der Waals surface area contributed by atoms with Crippen molar-refractivity contribution < 1.29 is 0 Å². The number of para-hydroxylation sites is 6. The van der Waals surface area contributed by atoms with E-state index in [0.717, 1.165) is 83.0 Å². The highest BCUT2D eigenvalue weighted by Crippen LogP contribution is 2.42. The Bertz CT molecular complexity index is 3700. The van der Waals surface area contributed by atoms with Gasteiger partial charge in [0, 0.05) is 43.4 Å². The highest BCUT2D eigenvalue weighted by Gasteiger charge is 2.27. The molecule has 0 saturated carbocycles. The van der Waals surface area contributed by atoms with Crippen LogP contribution in [0.15, 0.2) is 212 Å². The molecule has 7 heteroatoms. The minimum atomic E-state index is 0.468. The Morgan fingerprint density at radius 1 is 0.254 bits per heavy atom. The van der Waals surface area contributed by atoms with Crippen LogP contribution >= 0.6 is 0 Å². The Morgan fingerprint density at radius 2 is 0.556 bits per heavy atom. The highest BCUT2D eigenvalue weighted by atomic mass is 15.2. The summed E-state index contributed by atoms with van der Waals surface area (Å²) in [7, 11) is 0. The van der Waals surface area contributed by atoms with Gasteiger partial charge in [0.1, 0.15) is 5.69 Å². The molecule has 0 unspecified atom stereocenters. The normalized spacial score (nSPS) is 11.8. The average Bonchev–Trinajstić information content (AvgIpc) is 4.00. The van der Waals surface area contributed by atoms with E-state index < -0.39 is 0 Å². The molecule has 0 saturated heterocycles. The predicted molar refractivity (Wildman–Crippen MR) is 257 cm³/mol. The van der Waals surface area contributed by atoms with Gasteiger partial charge in [0.2, 0.25) is 0 Å². The van der Waals surface area contributed by atoms with Crippen LogP contribution in [0, 0.1) is 0 Å². The van der Waals surface area contributed by atoms with Crippen molar-refractivity contribution in [3.63, 3.8) is 0 Å². The van der Waals surface area contributed by atoms with Crippen molar-refractivity contribution in [3.8, 4) is 51.5 Å². The first-order valence-corrected chi connectivity index (χ1v) is 21.2. The lowest BCUT2D eigenvalue weighted by atomic mass is 10.1. The zero-order valence-corrected chi connectivity index (χ0v) is 33.8. The first-order chi connectivity index (χ1) is 31.3. The minimum Gasteiger partial charge on any atom is -0.307 e. The van der Waals surface area contributed by atoms with Crippen LogP contribution in [0.2, 0.25) is 0 Å². The van der Waals surface area contributed by atoms with E-state index in [9.17, 15) is 0 Å². The van der Waals surface area contributed by atoms with Gasteiger partial charge >= 0.3 is 0 Å². The van der Waals surface area contributed by atoms with Crippen molar-refractivity contribution in [2.75, 3.05) is 0 Å². The fourth-order valence-electron chi connectivity index (χ4n) is 9.58. The quantitative estimate of drug-likeness (QED) is 0.168. The second-order valence-electron chi connectivity index (χ2n) is 15.8. The molecule has 13 aromatic rings. The maximum absolute atomic E-state index is 5.96. The Labute approximate surface area is 361 Å². The Morgan fingerprint density at radius 3 is 0.937 bits per heavy atom. The van der Waals surface area contributed by atoms with Gasteiger partial charge in [-0.2, -0.15) is 0 Å². The third-order valence-corrected chi connectivity index (χ3v) is 12.3. The Kier molecular flexibility index (Phi) is 7.77. The lowest BCUT2D eigenvalue weighted by Crippen LogP contribution is -2.12. The topological polar surface area (TPSA) is 66.3 Å². The van der Waals surface area contributed by atoms with Crippen LogP contribution in [0.25, 0.3) is 117 Å². The van der Waals surface area contributed by atoms with Crippen LogP contribution in [-0.4, -0.2) is 33.6 Å². The molecule has 0 N–H and O–H groups in total. The van der Waals surface area contributed by atoms with Crippen LogP contribution in [-0.2, 0) is 0 Å². The summed E-state index contributed by atoms with van der Waals surface area (Å²) in [5.74, 6) is 2.36. The number of hydrogen-bond donors (Lipinski definition) is 0. The molecule has 5 aromatic heterocycles. The number of pyridine rings is 1. The van der Waals surface area contributed by atoms with Crippen molar-refractivity contribution in [2.24, 2.45) is 0 Å². The van der Waals surface area contributed by atoms with Gasteiger partial charge in [0.05, 0.1) is 44.5 Å². The molecule has 0 bridgehead atoms. The monoisotopic (exact) mass is 805 g/mol. The molecule has 7 nitrogen and oxygen atoms in total. The standard InChI is InChI=1S/C56H35N7/c1-3-19-36(20-4-1)53-58-54(37-21-5-2-6-22-37)60-55(59-53)52-50(61-44-29-13-7-23-38(44)39-24-8-14-30-45(39)61)35-51(62-46-31-15-9-25-40(46)41-26-10-16-32-47(41)62)56(57-52)63-48-33-17-11-27-42(48)43-28-12-18-34-49(43)63/h1-35H. The van der Waals surface area contributed by atoms with Crippen LogP contribution < -0.4 is 0 Å². The van der Waals surface area contributed by atoms with Gasteiger partial charge in [-0.25, -0.2) is 19.9 Å². The second-order valence-corrected chi connectivity index (χ2v) is 15.8. The Balaban J connectivity index is 1.25. The molecule has 0 fully saturated rings. The zero-order valence-electron chi connectivity index (χ0n) is 33.8. The molecule has 0 amide bonds. The van der Waals surface area contributed by atoms with E-state index in [2.05, 4.69) is 165 Å². The van der Waals surface area contributed by atoms with Crippen LogP contribution in [0.5, 0.6) is 0 Å². The van der Waals surface area contributed by atoms with Gasteiger partial charge in [-0.05, 0) is 42.5 Å². The van der Waals surface area contributed by atoms with Gasteiger partial charge < -0.3 is 9.13 Å². The average molecular weight is 806 g/mol. The summed E-state index contributed by atoms with van der Waals surface area (Å²) in [6, 6.07) is 74.3. The molecule has 0 aliphatic carbocycles. The molecular weight excluding hydrogens is 771 g/mol. The highest BCUT2D eigenvalue weighted by molar-refractivity contribution is 6.12. The summed E-state index contributed by atoms with van der Waals surface area (Å²) in [5.41, 5.74) is 10.5. The van der Waals surface area contributed by atoms with Crippen molar-refractivity contribution in [1.82, 2.24) is 33.6 Å². The summed E-state index contributed by atoms with van der Waals surface area (Å²) in [4.78, 5) is 21.8. The number of aromatic nitrogens is 7. The number of fused-ring (bicyclic) bond motifs is 9. The molecule has 8 aromatic carbocycles. The van der Waals surface area contributed by atoms with Gasteiger partial charge in [-0.3, -0.25) is 4.57 Å². The summed E-state index contributed by atoms with van der Waals surface area (Å²) < 4.78 is 7.05. The maximum Gasteiger partial charge on any atom is 0.184 e. The largest absolute Gasteiger partial charge is 0.307 e. The van der Waals surface area contributed by atoms with Crippen LogP contribution in [0.3, 0.4) is 0 Å². The number of benzene rings is 8.